The second kappa shape index (κ2) is 10.3. The maximum absolute atomic E-state index is 4.49. The van der Waals surface area contributed by atoms with Crippen LogP contribution in [0.25, 0.3) is 5.69 Å². The number of hydrogen-bond acceptors (Lipinski definition) is 3. The highest BCUT2D eigenvalue weighted by atomic mass is 15.3. The average molecular weight is 383 g/mol. The van der Waals surface area contributed by atoms with Crippen molar-refractivity contribution in [2.75, 3.05) is 40.3 Å². The number of benzene rings is 1. The van der Waals surface area contributed by atoms with Gasteiger partial charge in [0.15, 0.2) is 5.96 Å². The molecular formula is C22H34N6. The molecule has 0 spiro atoms. The summed E-state index contributed by atoms with van der Waals surface area (Å²) in [7, 11) is 3.93. The lowest BCUT2D eigenvalue weighted by Gasteiger charge is -2.31. The molecule has 6 heteroatoms. The van der Waals surface area contributed by atoms with Crippen LogP contribution in [0.2, 0.25) is 0 Å². The minimum Gasteiger partial charge on any atom is -0.356 e. The molecule has 3 rings (SSSR count). The number of nitrogens with one attached hydrogen (secondary N) is 1. The largest absolute Gasteiger partial charge is 0.356 e. The molecule has 1 aliphatic rings. The molecule has 152 valence electrons. The number of hydrogen-bond donors (Lipinski definition) is 1. The molecule has 1 fully saturated rings. The van der Waals surface area contributed by atoms with E-state index < -0.39 is 0 Å². The number of nitrogens with zero attached hydrogens (tertiary/aromatic N) is 5. The Bertz CT molecular complexity index is 730. The van der Waals surface area contributed by atoms with E-state index in [0.29, 0.717) is 0 Å². The highest BCUT2D eigenvalue weighted by Gasteiger charge is 2.18. The molecule has 0 saturated carbocycles. The predicted octanol–water partition coefficient (Wildman–Crippen LogP) is 3.00. The number of aromatic nitrogens is 2. The highest BCUT2D eigenvalue weighted by Crippen LogP contribution is 2.19. The summed E-state index contributed by atoms with van der Waals surface area (Å²) in [5.74, 6) is 1.78. The Labute approximate surface area is 169 Å². The molecule has 1 aromatic heterocycles. The molecule has 0 amide bonds. The summed E-state index contributed by atoms with van der Waals surface area (Å²) >= 11 is 0. The summed E-state index contributed by atoms with van der Waals surface area (Å²) in [6.45, 7) is 7.70. The number of likely N-dealkylation sites (tertiary alicyclic amines) is 1. The number of para-hydroxylation sites is 1. The summed E-state index contributed by atoms with van der Waals surface area (Å²) in [4.78, 5) is 9.16. The Balaban J connectivity index is 1.45. The van der Waals surface area contributed by atoms with E-state index in [-0.39, 0.29) is 0 Å². The molecular weight excluding hydrogens is 348 g/mol. The first-order valence-electron chi connectivity index (χ1n) is 10.4. The van der Waals surface area contributed by atoms with Gasteiger partial charge in [-0.15, -0.1) is 0 Å². The molecule has 1 aliphatic heterocycles. The van der Waals surface area contributed by atoms with Gasteiger partial charge in [0.05, 0.1) is 11.9 Å². The molecule has 1 N–H and O–H groups in total. The van der Waals surface area contributed by atoms with Crippen LogP contribution in [0, 0.1) is 5.92 Å². The van der Waals surface area contributed by atoms with Gasteiger partial charge < -0.3 is 15.1 Å². The lowest BCUT2D eigenvalue weighted by atomic mass is 9.93. The Morgan fingerprint density at radius 2 is 2.00 bits per heavy atom. The number of rotatable bonds is 7. The fraction of sp³-hybridized carbons (Fsp3) is 0.545. The molecule has 0 radical (unpaired) electrons. The van der Waals surface area contributed by atoms with E-state index in [2.05, 4.69) is 57.5 Å². The maximum atomic E-state index is 4.49. The summed E-state index contributed by atoms with van der Waals surface area (Å²) in [6.07, 6.45) is 7.88. The summed E-state index contributed by atoms with van der Waals surface area (Å²) < 4.78 is 1.92. The smallest absolute Gasteiger partial charge is 0.193 e. The van der Waals surface area contributed by atoms with Gasteiger partial charge in [0.25, 0.3) is 0 Å². The second-order valence-electron chi connectivity index (χ2n) is 7.63. The lowest BCUT2D eigenvalue weighted by molar-refractivity contribution is 0.187. The lowest BCUT2D eigenvalue weighted by Crippen LogP contribution is -2.40. The van der Waals surface area contributed by atoms with Crippen molar-refractivity contribution in [1.29, 1.82) is 0 Å². The molecule has 2 heterocycles. The number of guanidine groups is 1. The molecule has 0 bridgehead atoms. The van der Waals surface area contributed by atoms with Gasteiger partial charge in [-0.25, -0.2) is 4.68 Å². The maximum Gasteiger partial charge on any atom is 0.193 e. The van der Waals surface area contributed by atoms with Crippen molar-refractivity contribution in [2.24, 2.45) is 10.9 Å². The molecule has 28 heavy (non-hydrogen) atoms. The zero-order valence-electron chi connectivity index (χ0n) is 17.5. The first kappa shape index (κ1) is 20.4. The monoisotopic (exact) mass is 382 g/mol. The molecule has 0 unspecified atom stereocenters. The van der Waals surface area contributed by atoms with Gasteiger partial charge >= 0.3 is 0 Å². The Hall–Kier alpha value is -2.34. The van der Waals surface area contributed by atoms with Crippen LogP contribution in [0.5, 0.6) is 0 Å². The van der Waals surface area contributed by atoms with Crippen molar-refractivity contribution < 1.29 is 0 Å². The zero-order chi connectivity index (χ0) is 19.8. The normalized spacial score (nSPS) is 16.3. The summed E-state index contributed by atoms with van der Waals surface area (Å²) in [5.41, 5.74) is 2.24. The molecule has 0 aliphatic carbocycles. The van der Waals surface area contributed by atoms with Crippen molar-refractivity contribution in [3.05, 3.63) is 48.3 Å². The van der Waals surface area contributed by atoms with E-state index in [1.807, 2.05) is 36.1 Å². The van der Waals surface area contributed by atoms with Crippen molar-refractivity contribution in [3.8, 4) is 5.69 Å². The van der Waals surface area contributed by atoms with Gasteiger partial charge in [-0.05, 0) is 56.9 Å². The first-order chi connectivity index (χ1) is 13.7. The van der Waals surface area contributed by atoms with Crippen LogP contribution in [0.4, 0.5) is 0 Å². The molecule has 0 atom stereocenters. The van der Waals surface area contributed by atoms with Crippen LogP contribution >= 0.6 is 0 Å². The van der Waals surface area contributed by atoms with E-state index in [4.69, 9.17) is 0 Å². The average Bonchev–Trinajstić information content (AvgIpc) is 3.20. The third kappa shape index (κ3) is 5.58. The van der Waals surface area contributed by atoms with Gasteiger partial charge in [-0.3, -0.25) is 4.99 Å². The summed E-state index contributed by atoms with van der Waals surface area (Å²) in [6, 6.07) is 10.2. The fourth-order valence-corrected chi connectivity index (χ4v) is 3.88. The Morgan fingerprint density at radius 1 is 1.25 bits per heavy atom. The summed E-state index contributed by atoms with van der Waals surface area (Å²) in [5, 5.41) is 8.02. The standard InChI is InChI=1S/C22H34N6/c1-4-27-14-11-19(12-15-27)10-13-24-22(23-2)26(3)17-20-16-25-28(18-20)21-8-6-5-7-9-21/h5-9,16,18-19H,4,10-15,17H2,1-3H3,(H,23,24). The van der Waals surface area contributed by atoms with Crippen LogP contribution in [-0.2, 0) is 6.54 Å². The van der Waals surface area contributed by atoms with Gasteiger partial charge in [-0.1, -0.05) is 25.1 Å². The van der Waals surface area contributed by atoms with Crippen LogP contribution in [0.15, 0.2) is 47.7 Å². The fourth-order valence-electron chi connectivity index (χ4n) is 3.88. The minimum absolute atomic E-state index is 0.779. The first-order valence-corrected chi connectivity index (χ1v) is 10.4. The van der Waals surface area contributed by atoms with Gasteiger partial charge in [-0.2, -0.15) is 5.10 Å². The van der Waals surface area contributed by atoms with Crippen molar-refractivity contribution in [1.82, 2.24) is 24.9 Å². The quantitative estimate of drug-likeness (QED) is 0.591. The third-order valence-corrected chi connectivity index (χ3v) is 5.64. The highest BCUT2D eigenvalue weighted by molar-refractivity contribution is 5.79. The molecule has 1 saturated heterocycles. The SMILES string of the molecule is CCN1CCC(CCNC(=NC)N(C)Cc2cnn(-c3ccccc3)c2)CC1. The van der Waals surface area contributed by atoms with E-state index in [1.54, 1.807) is 0 Å². The van der Waals surface area contributed by atoms with Crippen molar-refractivity contribution >= 4 is 5.96 Å². The number of piperidine rings is 1. The van der Waals surface area contributed by atoms with Crippen LogP contribution < -0.4 is 5.32 Å². The van der Waals surface area contributed by atoms with E-state index in [0.717, 1.165) is 30.7 Å². The van der Waals surface area contributed by atoms with Gasteiger partial charge in [0, 0.05) is 38.9 Å². The number of aliphatic imine (C=N–C) groups is 1. The van der Waals surface area contributed by atoms with Crippen molar-refractivity contribution in [2.45, 2.75) is 32.7 Å². The van der Waals surface area contributed by atoms with Crippen molar-refractivity contribution in [3.63, 3.8) is 0 Å². The van der Waals surface area contributed by atoms with E-state index in [1.165, 1.54) is 44.5 Å². The molecule has 2 aromatic rings. The topological polar surface area (TPSA) is 48.7 Å². The minimum atomic E-state index is 0.779. The zero-order valence-corrected chi connectivity index (χ0v) is 17.5. The van der Waals surface area contributed by atoms with Crippen LogP contribution in [0.3, 0.4) is 0 Å². The molecule has 6 nitrogen and oxygen atoms in total. The van der Waals surface area contributed by atoms with E-state index in [9.17, 15) is 0 Å². The van der Waals surface area contributed by atoms with Crippen LogP contribution in [0.1, 0.15) is 31.7 Å². The predicted molar refractivity (Wildman–Crippen MR) is 116 cm³/mol. The van der Waals surface area contributed by atoms with E-state index >= 15 is 0 Å². The Morgan fingerprint density at radius 3 is 2.68 bits per heavy atom. The third-order valence-electron chi connectivity index (χ3n) is 5.64. The molecule has 1 aromatic carbocycles. The van der Waals surface area contributed by atoms with Gasteiger partial charge in [0.1, 0.15) is 0 Å². The second-order valence-corrected chi connectivity index (χ2v) is 7.63. The van der Waals surface area contributed by atoms with Gasteiger partial charge in [0.2, 0.25) is 0 Å². The Kier molecular flexibility index (Phi) is 7.48. The van der Waals surface area contributed by atoms with Crippen LogP contribution in [-0.4, -0.2) is 65.8 Å².